The number of benzene rings is 2. The van der Waals surface area contributed by atoms with Gasteiger partial charge in [0, 0.05) is 56.9 Å². The molecule has 8 heteroatoms. The fraction of sp³-hybridized carbons (Fsp3) is 0.600. The molecule has 0 radical (unpaired) electrons. The molecular formula is C30H48N2O6. The Labute approximate surface area is 229 Å². The Hall–Kier alpha value is -2.52. The number of likely N-dealkylation sites (N-methyl/N-ethyl adjacent to an activating group) is 1. The molecule has 8 nitrogen and oxygen atoms in total. The molecule has 0 aromatic heterocycles. The maximum absolute atomic E-state index is 6.05. The third kappa shape index (κ3) is 13.9. The third-order valence-corrected chi connectivity index (χ3v) is 6.15. The number of methoxy groups -OCH3 is 2. The van der Waals surface area contributed by atoms with Crippen molar-refractivity contribution in [2.24, 2.45) is 5.92 Å². The van der Waals surface area contributed by atoms with E-state index in [1.54, 1.807) is 14.2 Å². The Morgan fingerprint density at radius 1 is 0.763 bits per heavy atom. The first-order valence-electron chi connectivity index (χ1n) is 13.7. The zero-order valence-corrected chi connectivity index (χ0v) is 23.8. The molecule has 0 fully saturated rings. The quantitative estimate of drug-likeness (QED) is 0.198. The maximum atomic E-state index is 6.05. The number of hydrogen-bond donors (Lipinski definition) is 1. The Kier molecular flexibility index (Phi) is 17.1. The van der Waals surface area contributed by atoms with E-state index in [0.29, 0.717) is 52.2 Å². The first-order valence-corrected chi connectivity index (χ1v) is 13.7. The molecule has 0 aliphatic rings. The molecule has 0 aliphatic heterocycles. The van der Waals surface area contributed by atoms with Crippen LogP contribution in [0.4, 0.5) is 11.4 Å². The minimum absolute atomic E-state index is 0.530. The SMILES string of the molecule is CCN(CCOCCOC)c1cccc(OCC[C@H](C)CCOCCOCCNc2cccc(OC)c2)c1. The smallest absolute Gasteiger partial charge is 0.121 e. The van der Waals surface area contributed by atoms with Crippen molar-refractivity contribution in [3.05, 3.63) is 48.5 Å². The van der Waals surface area contributed by atoms with Crippen LogP contribution in [0.2, 0.25) is 0 Å². The zero-order valence-electron chi connectivity index (χ0n) is 23.8. The van der Waals surface area contributed by atoms with Gasteiger partial charge in [-0.2, -0.15) is 0 Å². The van der Waals surface area contributed by atoms with Crippen molar-refractivity contribution in [3.8, 4) is 11.5 Å². The summed E-state index contributed by atoms with van der Waals surface area (Å²) in [5.41, 5.74) is 2.18. The molecule has 38 heavy (non-hydrogen) atoms. The Balaban J connectivity index is 1.50. The molecule has 2 rings (SSSR count). The van der Waals surface area contributed by atoms with Crippen molar-refractivity contribution in [1.82, 2.24) is 0 Å². The van der Waals surface area contributed by atoms with E-state index in [2.05, 4.69) is 36.2 Å². The largest absolute Gasteiger partial charge is 0.497 e. The van der Waals surface area contributed by atoms with Crippen LogP contribution in [0.3, 0.4) is 0 Å². The summed E-state index contributed by atoms with van der Waals surface area (Å²) in [6.45, 7) is 12.1. The van der Waals surface area contributed by atoms with E-state index in [1.807, 2.05) is 36.4 Å². The number of nitrogens with one attached hydrogen (secondary N) is 1. The minimum Gasteiger partial charge on any atom is -0.497 e. The fourth-order valence-corrected chi connectivity index (χ4v) is 3.79. The van der Waals surface area contributed by atoms with Crippen LogP contribution in [0.1, 0.15) is 26.7 Å². The highest BCUT2D eigenvalue weighted by molar-refractivity contribution is 5.50. The lowest BCUT2D eigenvalue weighted by molar-refractivity contribution is 0.0461. The van der Waals surface area contributed by atoms with Crippen LogP contribution in [0.5, 0.6) is 11.5 Å². The molecule has 0 saturated heterocycles. The van der Waals surface area contributed by atoms with Crippen molar-refractivity contribution in [2.45, 2.75) is 26.7 Å². The number of rotatable bonds is 23. The lowest BCUT2D eigenvalue weighted by atomic mass is 10.1. The standard InChI is InChI=1S/C30H48N2O6/c1-5-32(15-19-37-21-20-33-3)28-9-7-11-30(25-28)38-17-13-26(2)12-16-35-22-23-36-18-14-31-27-8-6-10-29(24-27)34-4/h6-11,24-26,31H,5,12-23H2,1-4H3/t26-/m1/s1. The summed E-state index contributed by atoms with van der Waals surface area (Å²) in [7, 11) is 3.35. The summed E-state index contributed by atoms with van der Waals surface area (Å²) >= 11 is 0. The van der Waals surface area contributed by atoms with Gasteiger partial charge in [-0.1, -0.05) is 19.1 Å². The van der Waals surface area contributed by atoms with Crippen LogP contribution < -0.4 is 19.7 Å². The van der Waals surface area contributed by atoms with Crippen LogP contribution >= 0.6 is 0 Å². The summed E-state index contributed by atoms with van der Waals surface area (Å²) in [5.74, 6) is 2.28. The Morgan fingerprint density at radius 2 is 1.47 bits per heavy atom. The van der Waals surface area contributed by atoms with Gasteiger partial charge in [0.1, 0.15) is 11.5 Å². The van der Waals surface area contributed by atoms with Crippen LogP contribution in [0.25, 0.3) is 0 Å². The van der Waals surface area contributed by atoms with E-state index in [4.69, 9.17) is 28.4 Å². The second kappa shape index (κ2) is 20.4. The Morgan fingerprint density at radius 3 is 2.26 bits per heavy atom. The number of hydrogen-bond acceptors (Lipinski definition) is 8. The zero-order chi connectivity index (χ0) is 27.3. The monoisotopic (exact) mass is 532 g/mol. The summed E-state index contributed by atoms with van der Waals surface area (Å²) in [6.07, 6.45) is 2.00. The first kappa shape index (κ1) is 31.7. The lowest BCUT2D eigenvalue weighted by Gasteiger charge is -2.23. The van der Waals surface area contributed by atoms with Gasteiger partial charge in [0.05, 0.1) is 53.4 Å². The molecular weight excluding hydrogens is 484 g/mol. The van der Waals surface area contributed by atoms with Gasteiger partial charge in [-0.15, -0.1) is 0 Å². The molecule has 0 heterocycles. The van der Waals surface area contributed by atoms with E-state index >= 15 is 0 Å². The highest BCUT2D eigenvalue weighted by Crippen LogP contribution is 2.22. The van der Waals surface area contributed by atoms with E-state index in [1.165, 1.54) is 0 Å². The van der Waals surface area contributed by atoms with Crippen LogP contribution in [-0.4, -0.2) is 86.7 Å². The molecule has 1 atom stereocenters. The highest BCUT2D eigenvalue weighted by Gasteiger charge is 2.07. The van der Waals surface area contributed by atoms with Crippen LogP contribution in [-0.2, 0) is 18.9 Å². The van der Waals surface area contributed by atoms with Gasteiger partial charge in [0.25, 0.3) is 0 Å². The molecule has 214 valence electrons. The molecule has 0 amide bonds. The molecule has 0 saturated carbocycles. The van der Waals surface area contributed by atoms with Crippen molar-refractivity contribution in [2.75, 3.05) is 96.9 Å². The van der Waals surface area contributed by atoms with E-state index in [-0.39, 0.29) is 0 Å². The normalized spacial score (nSPS) is 11.8. The van der Waals surface area contributed by atoms with Gasteiger partial charge < -0.3 is 38.6 Å². The topological polar surface area (TPSA) is 70.7 Å². The summed E-state index contributed by atoms with van der Waals surface area (Å²) in [5, 5.41) is 3.32. The van der Waals surface area contributed by atoms with Crippen LogP contribution in [0.15, 0.2) is 48.5 Å². The third-order valence-electron chi connectivity index (χ3n) is 6.15. The molecule has 2 aromatic rings. The predicted octanol–water partition coefficient (Wildman–Crippen LogP) is 5.12. The van der Waals surface area contributed by atoms with Gasteiger partial charge in [-0.05, 0) is 49.9 Å². The van der Waals surface area contributed by atoms with Crippen molar-refractivity contribution < 1.29 is 28.4 Å². The summed E-state index contributed by atoms with van der Waals surface area (Å²) in [4.78, 5) is 2.29. The number of nitrogens with zero attached hydrogens (tertiary/aromatic N) is 1. The van der Waals surface area contributed by atoms with Gasteiger partial charge in [-0.25, -0.2) is 0 Å². The van der Waals surface area contributed by atoms with Gasteiger partial charge in [0.2, 0.25) is 0 Å². The second-order valence-electron chi connectivity index (χ2n) is 9.10. The van der Waals surface area contributed by atoms with Crippen molar-refractivity contribution >= 4 is 11.4 Å². The highest BCUT2D eigenvalue weighted by atomic mass is 16.5. The number of anilines is 2. The van der Waals surface area contributed by atoms with E-state index in [0.717, 1.165) is 62.0 Å². The first-order chi connectivity index (χ1) is 18.7. The average molecular weight is 533 g/mol. The lowest BCUT2D eigenvalue weighted by Crippen LogP contribution is -2.27. The molecule has 1 N–H and O–H groups in total. The van der Waals surface area contributed by atoms with E-state index in [9.17, 15) is 0 Å². The van der Waals surface area contributed by atoms with Gasteiger partial charge in [-0.3, -0.25) is 0 Å². The molecule has 0 bridgehead atoms. The van der Waals surface area contributed by atoms with E-state index < -0.39 is 0 Å². The number of ether oxygens (including phenoxy) is 6. The predicted molar refractivity (Wildman–Crippen MR) is 154 cm³/mol. The average Bonchev–Trinajstić information content (AvgIpc) is 2.94. The summed E-state index contributed by atoms with van der Waals surface area (Å²) in [6, 6.07) is 16.2. The fourth-order valence-electron chi connectivity index (χ4n) is 3.79. The molecule has 0 aliphatic carbocycles. The molecule has 0 spiro atoms. The maximum Gasteiger partial charge on any atom is 0.121 e. The van der Waals surface area contributed by atoms with Gasteiger partial charge in [0.15, 0.2) is 0 Å². The van der Waals surface area contributed by atoms with Gasteiger partial charge >= 0.3 is 0 Å². The molecule has 2 aromatic carbocycles. The van der Waals surface area contributed by atoms with Crippen molar-refractivity contribution in [1.29, 1.82) is 0 Å². The second-order valence-corrected chi connectivity index (χ2v) is 9.10. The van der Waals surface area contributed by atoms with Crippen LogP contribution in [0, 0.1) is 5.92 Å². The summed E-state index contributed by atoms with van der Waals surface area (Å²) < 4.78 is 33.3. The molecule has 0 unspecified atom stereocenters. The Bertz CT molecular complexity index is 853. The minimum atomic E-state index is 0.530. The van der Waals surface area contributed by atoms with Crippen molar-refractivity contribution in [3.63, 3.8) is 0 Å².